The van der Waals surface area contributed by atoms with Gasteiger partial charge >= 0.3 is 0 Å². The van der Waals surface area contributed by atoms with Crippen LogP contribution in [0.15, 0.2) is 42.9 Å². The molecule has 0 spiro atoms. The smallest absolute Gasteiger partial charge is 0.123 e. The van der Waals surface area contributed by atoms with E-state index in [1.54, 1.807) is 18.6 Å². The first-order valence-electron chi connectivity index (χ1n) is 9.40. The minimum absolute atomic E-state index is 0.209. The van der Waals surface area contributed by atoms with Gasteiger partial charge in [-0.25, -0.2) is 19.0 Å². The fourth-order valence-electron chi connectivity index (χ4n) is 3.98. The van der Waals surface area contributed by atoms with Gasteiger partial charge in [0, 0.05) is 36.6 Å². The van der Waals surface area contributed by atoms with Crippen LogP contribution in [0.1, 0.15) is 41.4 Å². The van der Waals surface area contributed by atoms with Crippen molar-refractivity contribution in [1.29, 1.82) is 0 Å². The lowest BCUT2D eigenvalue weighted by Crippen LogP contribution is -2.34. The van der Waals surface area contributed by atoms with Crippen LogP contribution in [0.3, 0.4) is 0 Å². The molecule has 1 atom stereocenters. The predicted molar refractivity (Wildman–Crippen MR) is 102 cm³/mol. The number of aromatic nitrogens is 4. The monoisotopic (exact) mass is 365 g/mol. The molecule has 140 valence electrons. The van der Waals surface area contributed by atoms with Crippen molar-refractivity contribution in [3.8, 4) is 5.69 Å². The minimum Gasteiger partial charge on any atom is -0.298 e. The summed E-state index contributed by atoms with van der Waals surface area (Å²) in [4.78, 5) is 10.8. The molecule has 3 heterocycles. The van der Waals surface area contributed by atoms with Crippen molar-refractivity contribution in [1.82, 2.24) is 24.6 Å². The zero-order valence-electron chi connectivity index (χ0n) is 15.8. The second kappa shape index (κ2) is 7.56. The van der Waals surface area contributed by atoms with Crippen molar-refractivity contribution in [2.75, 3.05) is 13.1 Å². The first-order valence-corrected chi connectivity index (χ1v) is 9.40. The highest BCUT2D eigenvalue weighted by Crippen LogP contribution is 2.27. The number of benzene rings is 1. The van der Waals surface area contributed by atoms with Crippen molar-refractivity contribution >= 4 is 0 Å². The van der Waals surface area contributed by atoms with E-state index in [0.717, 1.165) is 54.3 Å². The van der Waals surface area contributed by atoms with E-state index in [1.165, 1.54) is 6.07 Å². The Labute approximate surface area is 158 Å². The molecule has 6 heteroatoms. The normalized spacial score (nSPS) is 18.0. The Morgan fingerprint density at radius 2 is 2.07 bits per heavy atom. The lowest BCUT2D eigenvalue weighted by atomic mass is 9.94. The third-order valence-electron chi connectivity index (χ3n) is 5.20. The van der Waals surface area contributed by atoms with Gasteiger partial charge in [-0.1, -0.05) is 0 Å². The van der Waals surface area contributed by atoms with Gasteiger partial charge in [0.05, 0.1) is 11.4 Å². The Hall–Kier alpha value is -2.60. The first-order chi connectivity index (χ1) is 13.1. The van der Waals surface area contributed by atoms with Gasteiger partial charge in [-0.05, 0) is 69.1 Å². The number of hydrogen-bond acceptors (Lipinski definition) is 4. The standard InChI is InChI=1S/C21H24FN5/c1-15-10-16(2)27(25-15)21-6-5-19(22)11-18(21)13-26-9-3-4-17(12-26)20-7-8-23-14-24-20/h5-8,10-11,14,17H,3-4,9,12-13H2,1-2H3/t17-/m0/s1. The molecule has 27 heavy (non-hydrogen) atoms. The molecule has 0 bridgehead atoms. The van der Waals surface area contributed by atoms with Crippen molar-refractivity contribution in [2.24, 2.45) is 0 Å². The fourth-order valence-corrected chi connectivity index (χ4v) is 3.98. The third-order valence-corrected chi connectivity index (χ3v) is 5.20. The number of nitrogens with zero attached hydrogens (tertiary/aromatic N) is 5. The molecule has 5 nitrogen and oxygen atoms in total. The summed E-state index contributed by atoms with van der Waals surface area (Å²) < 4.78 is 15.9. The molecule has 1 aromatic carbocycles. The largest absolute Gasteiger partial charge is 0.298 e. The average Bonchev–Trinajstić information content (AvgIpc) is 3.01. The summed E-state index contributed by atoms with van der Waals surface area (Å²) in [6.45, 7) is 6.63. The van der Waals surface area contributed by atoms with Crippen molar-refractivity contribution in [2.45, 2.75) is 39.2 Å². The highest BCUT2D eigenvalue weighted by molar-refractivity contribution is 5.42. The Morgan fingerprint density at radius 1 is 1.19 bits per heavy atom. The maximum Gasteiger partial charge on any atom is 0.123 e. The molecular formula is C21H24FN5. The van der Waals surface area contributed by atoms with Crippen LogP contribution in [-0.4, -0.2) is 37.7 Å². The van der Waals surface area contributed by atoms with Crippen molar-refractivity contribution < 1.29 is 4.39 Å². The van der Waals surface area contributed by atoms with E-state index in [9.17, 15) is 4.39 Å². The van der Waals surface area contributed by atoms with Crippen LogP contribution in [0.4, 0.5) is 4.39 Å². The Morgan fingerprint density at radius 3 is 2.81 bits per heavy atom. The van der Waals surface area contributed by atoms with E-state index >= 15 is 0 Å². The topological polar surface area (TPSA) is 46.8 Å². The number of piperidine rings is 1. The second-order valence-corrected chi connectivity index (χ2v) is 7.32. The lowest BCUT2D eigenvalue weighted by molar-refractivity contribution is 0.198. The summed E-state index contributed by atoms with van der Waals surface area (Å²) in [5.41, 5.74) is 5.02. The molecule has 0 unspecified atom stereocenters. The molecule has 0 amide bonds. The summed E-state index contributed by atoms with van der Waals surface area (Å²) in [5.74, 6) is 0.187. The van der Waals surface area contributed by atoms with Crippen LogP contribution in [0.5, 0.6) is 0 Å². The molecule has 1 saturated heterocycles. The number of aryl methyl sites for hydroxylation is 2. The van der Waals surface area contributed by atoms with E-state index in [1.807, 2.05) is 36.7 Å². The molecule has 1 aliphatic heterocycles. The Kier molecular flexibility index (Phi) is 4.99. The van der Waals surface area contributed by atoms with E-state index in [2.05, 4.69) is 20.0 Å². The lowest BCUT2D eigenvalue weighted by Gasteiger charge is -2.32. The van der Waals surface area contributed by atoms with Gasteiger partial charge in [0.25, 0.3) is 0 Å². The number of hydrogen-bond donors (Lipinski definition) is 0. The zero-order valence-corrected chi connectivity index (χ0v) is 15.8. The summed E-state index contributed by atoms with van der Waals surface area (Å²) in [6, 6.07) is 9.02. The van der Waals surface area contributed by atoms with Crippen LogP contribution >= 0.6 is 0 Å². The van der Waals surface area contributed by atoms with Gasteiger partial charge in [0.15, 0.2) is 0 Å². The number of likely N-dealkylation sites (tertiary alicyclic amines) is 1. The van der Waals surface area contributed by atoms with Crippen LogP contribution in [0.2, 0.25) is 0 Å². The molecule has 1 fully saturated rings. The van der Waals surface area contributed by atoms with Gasteiger partial charge in [-0.15, -0.1) is 0 Å². The minimum atomic E-state index is -0.209. The maximum atomic E-state index is 14.0. The summed E-state index contributed by atoms with van der Waals surface area (Å²) in [5, 5.41) is 4.59. The molecule has 3 aromatic rings. The maximum absolute atomic E-state index is 14.0. The molecule has 4 rings (SSSR count). The predicted octanol–water partition coefficient (Wildman–Crippen LogP) is 3.80. The van der Waals surface area contributed by atoms with Gasteiger partial charge in [-0.3, -0.25) is 4.90 Å². The molecule has 2 aromatic heterocycles. The molecule has 0 N–H and O–H groups in total. The Balaban J connectivity index is 1.59. The van der Waals surface area contributed by atoms with Crippen molar-refractivity contribution in [3.63, 3.8) is 0 Å². The molecule has 0 aliphatic carbocycles. The molecular weight excluding hydrogens is 341 g/mol. The Bertz CT molecular complexity index is 922. The molecule has 0 radical (unpaired) electrons. The first kappa shape index (κ1) is 17.8. The van der Waals surface area contributed by atoms with Crippen LogP contribution in [0.25, 0.3) is 5.69 Å². The zero-order chi connectivity index (χ0) is 18.8. The highest BCUT2D eigenvalue weighted by Gasteiger charge is 2.23. The van der Waals surface area contributed by atoms with Gasteiger partial charge in [0.2, 0.25) is 0 Å². The van der Waals surface area contributed by atoms with Crippen LogP contribution < -0.4 is 0 Å². The van der Waals surface area contributed by atoms with Gasteiger partial charge in [0.1, 0.15) is 12.1 Å². The van der Waals surface area contributed by atoms with Crippen molar-refractivity contribution in [3.05, 3.63) is 71.3 Å². The number of rotatable bonds is 4. The number of halogens is 1. The van der Waals surface area contributed by atoms with Gasteiger partial charge < -0.3 is 0 Å². The van der Waals surface area contributed by atoms with E-state index in [0.29, 0.717) is 12.5 Å². The van der Waals surface area contributed by atoms with E-state index in [-0.39, 0.29) is 5.82 Å². The fraction of sp³-hybridized carbons (Fsp3) is 0.381. The average molecular weight is 365 g/mol. The second-order valence-electron chi connectivity index (χ2n) is 7.32. The van der Waals surface area contributed by atoms with E-state index < -0.39 is 0 Å². The SMILES string of the molecule is Cc1cc(C)n(-c2ccc(F)cc2CN2CCC[C@H](c3ccncn3)C2)n1. The van der Waals surface area contributed by atoms with Gasteiger partial charge in [-0.2, -0.15) is 5.10 Å². The van der Waals surface area contributed by atoms with E-state index in [4.69, 9.17) is 0 Å². The van der Waals surface area contributed by atoms with Crippen LogP contribution in [-0.2, 0) is 6.54 Å². The summed E-state index contributed by atoms with van der Waals surface area (Å²) in [6.07, 6.45) is 5.65. The highest BCUT2D eigenvalue weighted by atomic mass is 19.1. The third kappa shape index (κ3) is 3.90. The molecule has 0 saturated carbocycles. The van der Waals surface area contributed by atoms with Crippen LogP contribution in [0, 0.1) is 19.7 Å². The quantitative estimate of drug-likeness (QED) is 0.706. The summed E-state index contributed by atoms with van der Waals surface area (Å²) >= 11 is 0. The summed E-state index contributed by atoms with van der Waals surface area (Å²) in [7, 11) is 0. The molecule has 1 aliphatic rings.